The number of hydrogen-bond acceptors (Lipinski definition) is 0. The summed E-state index contributed by atoms with van der Waals surface area (Å²) in [6, 6.07) is 3.11. The molecule has 0 radical (unpaired) electrons. The molecule has 0 saturated heterocycles. The number of aromatic amines is 1. The van der Waals surface area contributed by atoms with Crippen molar-refractivity contribution < 1.29 is 8.78 Å². The van der Waals surface area contributed by atoms with Crippen LogP contribution in [0.15, 0.2) is 12.1 Å². The molecule has 1 heterocycles. The second-order valence-corrected chi connectivity index (χ2v) is 3.31. The summed E-state index contributed by atoms with van der Waals surface area (Å²) < 4.78 is 26.1. The molecular weight excluding hydrogens is 196 g/mol. The third-order valence-electron chi connectivity index (χ3n) is 1.89. The van der Waals surface area contributed by atoms with E-state index in [1.165, 1.54) is 6.07 Å². The van der Waals surface area contributed by atoms with E-state index in [0.29, 0.717) is 5.39 Å². The molecule has 1 N–H and O–H groups in total. The monoisotopic (exact) mass is 201 g/mol. The van der Waals surface area contributed by atoms with Crippen molar-refractivity contribution >= 4 is 22.5 Å². The second-order valence-electron chi connectivity index (χ2n) is 2.90. The van der Waals surface area contributed by atoms with Gasteiger partial charge in [0, 0.05) is 11.1 Å². The van der Waals surface area contributed by atoms with Crippen molar-refractivity contribution in [2.75, 3.05) is 0 Å². The number of benzene rings is 1. The molecule has 0 spiro atoms. The zero-order valence-electron chi connectivity index (χ0n) is 6.79. The highest BCUT2D eigenvalue weighted by molar-refractivity contribution is 6.31. The average molecular weight is 202 g/mol. The Bertz CT molecular complexity index is 476. The fraction of sp³-hybridized carbons (Fsp3) is 0.111. The van der Waals surface area contributed by atoms with Gasteiger partial charge in [-0.1, -0.05) is 11.6 Å². The van der Waals surface area contributed by atoms with Crippen LogP contribution in [0.25, 0.3) is 10.9 Å². The summed E-state index contributed by atoms with van der Waals surface area (Å²) in [5.41, 5.74) is 0.940. The van der Waals surface area contributed by atoms with E-state index in [-0.39, 0.29) is 10.5 Å². The van der Waals surface area contributed by atoms with Crippen LogP contribution in [0.3, 0.4) is 0 Å². The second kappa shape index (κ2) is 2.70. The van der Waals surface area contributed by atoms with E-state index in [2.05, 4.69) is 4.98 Å². The van der Waals surface area contributed by atoms with Gasteiger partial charge in [-0.3, -0.25) is 0 Å². The third kappa shape index (κ3) is 1.20. The van der Waals surface area contributed by atoms with Gasteiger partial charge >= 0.3 is 0 Å². The molecule has 0 bridgehead atoms. The van der Waals surface area contributed by atoms with Gasteiger partial charge in [-0.2, -0.15) is 0 Å². The standard InChI is InChI=1S/C9H6ClF2N/c1-4-2-5-3-6(10)7(11)8(12)9(5)13-4/h2-3,13H,1H3. The van der Waals surface area contributed by atoms with Crippen molar-refractivity contribution in [3.8, 4) is 0 Å². The van der Waals surface area contributed by atoms with Crippen LogP contribution in [0.4, 0.5) is 8.78 Å². The molecule has 2 aromatic rings. The van der Waals surface area contributed by atoms with E-state index < -0.39 is 11.6 Å². The third-order valence-corrected chi connectivity index (χ3v) is 2.16. The van der Waals surface area contributed by atoms with Crippen LogP contribution in [-0.2, 0) is 0 Å². The lowest BCUT2D eigenvalue weighted by molar-refractivity contribution is 0.516. The number of rotatable bonds is 0. The summed E-state index contributed by atoms with van der Waals surface area (Å²) in [5, 5.41) is 0.394. The van der Waals surface area contributed by atoms with Gasteiger partial charge in [0.2, 0.25) is 0 Å². The maximum atomic E-state index is 13.2. The first-order chi connectivity index (χ1) is 6.09. The first kappa shape index (κ1) is 8.51. The van der Waals surface area contributed by atoms with Gasteiger partial charge in [-0.25, -0.2) is 8.78 Å². The highest BCUT2D eigenvalue weighted by atomic mass is 35.5. The molecule has 0 amide bonds. The van der Waals surface area contributed by atoms with Crippen molar-refractivity contribution in [3.63, 3.8) is 0 Å². The van der Waals surface area contributed by atoms with Gasteiger partial charge in [-0.15, -0.1) is 0 Å². The Labute approximate surface area is 78.3 Å². The molecule has 0 aliphatic carbocycles. The van der Waals surface area contributed by atoms with Crippen LogP contribution < -0.4 is 0 Å². The predicted octanol–water partition coefficient (Wildman–Crippen LogP) is 3.41. The van der Waals surface area contributed by atoms with Crippen LogP contribution >= 0.6 is 11.6 Å². The summed E-state index contributed by atoms with van der Waals surface area (Å²) >= 11 is 5.47. The summed E-state index contributed by atoms with van der Waals surface area (Å²) in [6.45, 7) is 1.77. The Morgan fingerprint density at radius 1 is 1.23 bits per heavy atom. The molecule has 4 heteroatoms. The van der Waals surface area contributed by atoms with Crippen molar-refractivity contribution in [1.82, 2.24) is 4.98 Å². The Kier molecular flexibility index (Phi) is 1.77. The SMILES string of the molecule is Cc1cc2cc(Cl)c(F)c(F)c2[nH]1. The number of fused-ring (bicyclic) bond motifs is 1. The summed E-state index contributed by atoms with van der Waals surface area (Å²) in [5.74, 6) is -1.92. The normalized spacial score (nSPS) is 11.1. The van der Waals surface area contributed by atoms with Crippen LogP contribution in [0.1, 0.15) is 5.69 Å². The topological polar surface area (TPSA) is 15.8 Å². The fourth-order valence-electron chi connectivity index (χ4n) is 1.32. The van der Waals surface area contributed by atoms with E-state index in [9.17, 15) is 8.78 Å². The smallest absolute Gasteiger partial charge is 0.184 e. The molecule has 68 valence electrons. The fourth-order valence-corrected chi connectivity index (χ4v) is 1.52. The Morgan fingerprint density at radius 3 is 2.62 bits per heavy atom. The minimum atomic E-state index is -1.00. The maximum Gasteiger partial charge on any atom is 0.184 e. The lowest BCUT2D eigenvalue weighted by atomic mass is 10.2. The van der Waals surface area contributed by atoms with Crippen molar-refractivity contribution in [1.29, 1.82) is 0 Å². The predicted molar refractivity (Wildman–Crippen MR) is 48.0 cm³/mol. The molecule has 0 unspecified atom stereocenters. The summed E-state index contributed by atoms with van der Waals surface area (Å²) in [6.07, 6.45) is 0. The van der Waals surface area contributed by atoms with Gasteiger partial charge in [0.25, 0.3) is 0 Å². The molecule has 1 nitrogen and oxygen atoms in total. The van der Waals surface area contributed by atoms with Crippen LogP contribution in [0.5, 0.6) is 0 Å². The number of nitrogens with one attached hydrogen (secondary N) is 1. The zero-order chi connectivity index (χ0) is 9.59. The lowest BCUT2D eigenvalue weighted by Gasteiger charge is -1.97. The number of H-pyrrole nitrogens is 1. The molecule has 0 aliphatic rings. The number of aryl methyl sites for hydroxylation is 1. The molecule has 0 fully saturated rings. The highest BCUT2D eigenvalue weighted by Crippen LogP contribution is 2.26. The van der Waals surface area contributed by atoms with Gasteiger partial charge in [-0.05, 0) is 19.1 Å². The van der Waals surface area contributed by atoms with E-state index >= 15 is 0 Å². The largest absolute Gasteiger partial charge is 0.356 e. The van der Waals surface area contributed by atoms with Crippen LogP contribution in [0, 0.1) is 18.6 Å². The molecule has 2 rings (SSSR count). The van der Waals surface area contributed by atoms with E-state index in [4.69, 9.17) is 11.6 Å². The number of aromatic nitrogens is 1. The number of halogens is 3. The zero-order valence-corrected chi connectivity index (χ0v) is 7.54. The maximum absolute atomic E-state index is 13.2. The van der Waals surface area contributed by atoms with Gasteiger partial charge in [0.05, 0.1) is 10.5 Å². The van der Waals surface area contributed by atoms with E-state index in [1.807, 2.05) is 0 Å². The van der Waals surface area contributed by atoms with Crippen molar-refractivity contribution in [2.24, 2.45) is 0 Å². The summed E-state index contributed by atoms with van der Waals surface area (Å²) in [7, 11) is 0. The van der Waals surface area contributed by atoms with Crippen LogP contribution in [0.2, 0.25) is 5.02 Å². The minimum absolute atomic E-state index is 0.166. The number of hydrogen-bond donors (Lipinski definition) is 1. The molecule has 1 aromatic heterocycles. The lowest BCUT2D eigenvalue weighted by Crippen LogP contribution is -1.86. The van der Waals surface area contributed by atoms with Gasteiger partial charge in [0.1, 0.15) is 0 Å². The molecular formula is C9H6ClF2N. The van der Waals surface area contributed by atoms with Crippen molar-refractivity contribution in [3.05, 3.63) is 34.5 Å². The van der Waals surface area contributed by atoms with E-state index in [1.54, 1.807) is 13.0 Å². The Balaban J connectivity index is 2.92. The minimum Gasteiger partial charge on any atom is -0.356 e. The van der Waals surface area contributed by atoms with E-state index in [0.717, 1.165) is 5.69 Å². The summed E-state index contributed by atoms with van der Waals surface area (Å²) in [4.78, 5) is 2.72. The van der Waals surface area contributed by atoms with Crippen LogP contribution in [-0.4, -0.2) is 4.98 Å². The highest BCUT2D eigenvalue weighted by Gasteiger charge is 2.13. The quantitative estimate of drug-likeness (QED) is 0.629. The average Bonchev–Trinajstić information content (AvgIpc) is 2.42. The Morgan fingerprint density at radius 2 is 1.92 bits per heavy atom. The molecule has 13 heavy (non-hydrogen) atoms. The van der Waals surface area contributed by atoms with Gasteiger partial charge in [0.15, 0.2) is 11.6 Å². The van der Waals surface area contributed by atoms with Crippen molar-refractivity contribution in [2.45, 2.75) is 6.92 Å². The molecule has 0 saturated carbocycles. The molecule has 0 aliphatic heterocycles. The first-order valence-electron chi connectivity index (χ1n) is 3.72. The molecule has 0 atom stereocenters. The Hall–Kier alpha value is -1.09. The molecule has 1 aromatic carbocycles. The van der Waals surface area contributed by atoms with Gasteiger partial charge < -0.3 is 4.98 Å². The first-order valence-corrected chi connectivity index (χ1v) is 4.10.